The van der Waals surface area contributed by atoms with E-state index >= 15 is 0 Å². The van der Waals surface area contributed by atoms with Gasteiger partial charge >= 0.3 is 5.97 Å². The van der Waals surface area contributed by atoms with Gasteiger partial charge in [-0.2, -0.15) is 0 Å². The number of hydrogen-bond acceptors (Lipinski definition) is 4. The average molecular weight is 439 g/mol. The molecule has 0 bridgehead atoms. The first-order valence-corrected chi connectivity index (χ1v) is 9.50. The lowest BCUT2D eigenvalue weighted by Crippen LogP contribution is -2.43. The van der Waals surface area contributed by atoms with Crippen molar-refractivity contribution in [2.24, 2.45) is 0 Å². The number of amides is 1. The van der Waals surface area contributed by atoms with E-state index in [1.54, 1.807) is 12.1 Å². The summed E-state index contributed by atoms with van der Waals surface area (Å²) in [5, 5.41) is 2.71. The molecule has 3 aromatic rings. The number of methoxy groups -OCH3 is 1. The molecule has 1 atom stereocenters. The van der Waals surface area contributed by atoms with Crippen LogP contribution in [0.25, 0.3) is 11.1 Å². The summed E-state index contributed by atoms with van der Waals surface area (Å²) < 4.78 is 5.62. The SMILES string of the molecule is COC(=O)[C@H](Cc1ccc(-c2ccccc2)cc1)NC(=O)c1ccc(Br)cn1. The zero-order chi connectivity index (χ0) is 19.9. The van der Waals surface area contributed by atoms with Gasteiger partial charge < -0.3 is 10.1 Å². The van der Waals surface area contributed by atoms with Crippen LogP contribution in [0.15, 0.2) is 77.4 Å². The van der Waals surface area contributed by atoms with Crippen LogP contribution in [0.3, 0.4) is 0 Å². The number of benzene rings is 2. The molecule has 0 saturated carbocycles. The van der Waals surface area contributed by atoms with Crippen LogP contribution in [0, 0.1) is 0 Å². The summed E-state index contributed by atoms with van der Waals surface area (Å²) in [5.41, 5.74) is 3.35. The lowest BCUT2D eigenvalue weighted by Gasteiger charge is -2.16. The van der Waals surface area contributed by atoms with Gasteiger partial charge in [0, 0.05) is 17.1 Å². The van der Waals surface area contributed by atoms with Crippen molar-refractivity contribution in [1.29, 1.82) is 0 Å². The minimum atomic E-state index is -0.800. The van der Waals surface area contributed by atoms with Crippen molar-refractivity contribution in [3.63, 3.8) is 0 Å². The van der Waals surface area contributed by atoms with Gasteiger partial charge in [-0.3, -0.25) is 4.79 Å². The van der Waals surface area contributed by atoms with Crippen molar-refractivity contribution >= 4 is 27.8 Å². The van der Waals surface area contributed by atoms with Gasteiger partial charge in [0.1, 0.15) is 11.7 Å². The van der Waals surface area contributed by atoms with E-state index in [4.69, 9.17) is 4.74 Å². The van der Waals surface area contributed by atoms with Gasteiger partial charge in [0.25, 0.3) is 5.91 Å². The molecule has 0 aliphatic carbocycles. The third-order valence-corrected chi connectivity index (χ3v) is 4.72. The normalized spacial score (nSPS) is 11.5. The smallest absolute Gasteiger partial charge is 0.328 e. The summed E-state index contributed by atoms with van der Waals surface area (Å²) in [6.45, 7) is 0. The second kappa shape index (κ2) is 9.28. The molecule has 0 aliphatic heterocycles. The van der Waals surface area contributed by atoms with Crippen LogP contribution in [0.5, 0.6) is 0 Å². The van der Waals surface area contributed by atoms with E-state index in [0.29, 0.717) is 6.42 Å². The summed E-state index contributed by atoms with van der Waals surface area (Å²) in [4.78, 5) is 28.6. The van der Waals surface area contributed by atoms with Crippen LogP contribution < -0.4 is 5.32 Å². The lowest BCUT2D eigenvalue weighted by atomic mass is 10.0. The maximum Gasteiger partial charge on any atom is 0.328 e. The van der Waals surface area contributed by atoms with Crippen LogP contribution in [0.4, 0.5) is 0 Å². The highest BCUT2D eigenvalue weighted by Crippen LogP contribution is 2.20. The highest BCUT2D eigenvalue weighted by Gasteiger charge is 2.23. The Labute approximate surface area is 171 Å². The van der Waals surface area contributed by atoms with E-state index in [-0.39, 0.29) is 5.69 Å². The summed E-state index contributed by atoms with van der Waals surface area (Å²) in [7, 11) is 1.30. The molecule has 6 heteroatoms. The van der Waals surface area contributed by atoms with E-state index < -0.39 is 17.9 Å². The number of esters is 1. The molecule has 0 unspecified atom stereocenters. The van der Waals surface area contributed by atoms with Crippen LogP contribution in [-0.2, 0) is 16.0 Å². The monoisotopic (exact) mass is 438 g/mol. The molecule has 1 amide bonds. The van der Waals surface area contributed by atoms with Crippen molar-refractivity contribution in [2.45, 2.75) is 12.5 Å². The van der Waals surface area contributed by atoms with Crippen molar-refractivity contribution < 1.29 is 14.3 Å². The minimum absolute atomic E-state index is 0.233. The predicted octanol–water partition coefficient (Wildman–Crippen LogP) is 4.03. The Bertz CT molecular complexity index is 942. The molecule has 1 heterocycles. The molecule has 28 heavy (non-hydrogen) atoms. The van der Waals surface area contributed by atoms with Gasteiger partial charge in [0.2, 0.25) is 0 Å². The number of halogens is 1. The van der Waals surface area contributed by atoms with Crippen LogP contribution in [0.2, 0.25) is 0 Å². The zero-order valence-electron chi connectivity index (χ0n) is 15.3. The number of carbonyl (C=O) groups is 2. The van der Waals surface area contributed by atoms with E-state index in [1.165, 1.54) is 13.3 Å². The van der Waals surface area contributed by atoms with E-state index in [1.807, 2.05) is 54.6 Å². The zero-order valence-corrected chi connectivity index (χ0v) is 16.8. The molecular formula is C22H19BrN2O3. The topological polar surface area (TPSA) is 68.3 Å². The van der Waals surface area contributed by atoms with E-state index in [0.717, 1.165) is 21.2 Å². The Morgan fingerprint density at radius 1 is 1.00 bits per heavy atom. The molecule has 0 saturated heterocycles. The second-order valence-electron chi connectivity index (χ2n) is 6.18. The Morgan fingerprint density at radius 3 is 2.29 bits per heavy atom. The molecule has 0 aliphatic rings. The lowest BCUT2D eigenvalue weighted by molar-refractivity contribution is -0.142. The van der Waals surface area contributed by atoms with Crippen molar-refractivity contribution in [1.82, 2.24) is 10.3 Å². The van der Waals surface area contributed by atoms with Crippen molar-refractivity contribution in [3.05, 3.63) is 88.7 Å². The molecule has 1 N–H and O–H groups in total. The number of hydrogen-bond donors (Lipinski definition) is 1. The second-order valence-corrected chi connectivity index (χ2v) is 7.09. The third-order valence-electron chi connectivity index (χ3n) is 4.25. The van der Waals surface area contributed by atoms with Gasteiger partial charge in [0.15, 0.2) is 0 Å². The molecule has 5 nitrogen and oxygen atoms in total. The highest BCUT2D eigenvalue weighted by atomic mass is 79.9. The first-order valence-electron chi connectivity index (χ1n) is 8.71. The summed E-state index contributed by atoms with van der Waals surface area (Å²) >= 11 is 3.28. The molecule has 2 aromatic carbocycles. The first-order chi connectivity index (χ1) is 13.6. The number of ether oxygens (including phenoxy) is 1. The fourth-order valence-electron chi connectivity index (χ4n) is 2.78. The third kappa shape index (κ3) is 5.04. The Hall–Kier alpha value is -2.99. The number of rotatable bonds is 6. The maximum absolute atomic E-state index is 12.4. The highest BCUT2D eigenvalue weighted by molar-refractivity contribution is 9.10. The van der Waals surface area contributed by atoms with Crippen LogP contribution in [0.1, 0.15) is 16.1 Å². The molecule has 142 valence electrons. The quantitative estimate of drug-likeness (QED) is 0.589. The molecule has 1 aromatic heterocycles. The molecular weight excluding hydrogens is 420 g/mol. The molecule has 0 fully saturated rings. The largest absolute Gasteiger partial charge is 0.467 e. The van der Waals surface area contributed by atoms with Gasteiger partial charge in [-0.05, 0) is 44.8 Å². The van der Waals surface area contributed by atoms with Gasteiger partial charge in [-0.1, -0.05) is 54.6 Å². The fourth-order valence-corrected chi connectivity index (χ4v) is 3.01. The van der Waals surface area contributed by atoms with Gasteiger partial charge in [0.05, 0.1) is 7.11 Å². The minimum Gasteiger partial charge on any atom is -0.467 e. The number of nitrogens with one attached hydrogen (secondary N) is 1. The summed E-state index contributed by atoms with van der Waals surface area (Å²) in [6, 6.07) is 20.4. The Balaban J connectivity index is 1.72. The number of nitrogens with zero attached hydrogens (tertiary/aromatic N) is 1. The van der Waals surface area contributed by atoms with Gasteiger partial charge in [-0.15, -0.1) is 0 Å². The maximum atomic E-state index is 12.4. The Kier molecular flexibility index (Phi) is 6.55. The predicted molar refractivity (Wildman–Crippen MR) is 111 cm³/mol. The van der Waals surface area contributed by atoms with Crippen LogP contribution >= 0.6 is 15.9 Å². The molecule has 3 rings (SSSR count). The Morgan fingerprint density at radius 2 is 1.68 bits per heavy atom. The van der Waals surface area contributed by atoms with Gasteiger partial charge in [-0.25, -0.2) is 9.78 Å². The number of aromatic nitrogens is 1. The standard InChI is InChI=1S/C22H19BrN2O3/c1-28-22(27)20(25-21(26)19-12-11-18(23)14-24-19)13-15-7-9-17(10-8-15)16-5-3-2-4-6-16/h2-12,14,20H,13H2,1H3,(H,25,26)/t20-/m0/s1. The fraction of sp³-hybridized carbons (Fsp3) is 0.136. The number of carbonyl (C=O) groups excluding carboxylic acids is 2. The summed E-state index contributed by atoms with van der Waals surface area (Å²) in [5.74, 6) is -0.929. The van der Waals surface area contributed by atoms with E-state index in [9.17, 15) is 9.59 Å². The molecule has 0 spiro atoms. The van der Waals surface area contributed by atoms with Crippen molar-refractivity contribution in [2.75, 3.05) is 7.11 Å². The van der Waals surface area contributed by atoms with Crippen molar-refractivity contribution in [3.8, 4) is 11.1 Å². The van der Waals surface area contributed by atoms with Crippen LogP contribution in [-0.4, -0.2) is 30.0 Å². The molecule has 0 radical (unpaired) electrons. The average Bonchev–Trinajstić information content (AvgIpc) is 2.74. The first kappa shape index (κ1) is 19.8. The number of pyridine rings is 1. The van der Waals surface area contributed by atoms with E-state index in [2.05, 4.69) is 26.2 Å². The summed E-state index contributed by atoms with van der Waals surface area (Å²) in [6.07, 6.45) is 1.86.